The predicted octanol–water partition coefficient (Wildman–Crippen LogP) is 4.31. The molecule has 0 aliphatic carbocycles. The lowest BCUT2D eigenvalue weighted by molar-refractivity contribution is -0.146. The number of hydrogen-bond donors (Lipinski definition) is 0. The number of benzene rings is 1. The second kappa shape index (κ2) is 3.81. The quantitative estimate of drug-likeness (QED) is 0.664. The van der Waals surface area contributed by atoms with Crippen LogP contribution >= 0.6 is 11.6 Å². The topological polar surface area (TPSA) is 0 Å². The van der Waals surface area contributed by atoms with Crippen LogP contribution in [0.1, 0.15) is 24.0 Å². The summed E-state index contributed by atoms with van der Waals surface area (Å²) in [6.45, 7) is 2.85. The van der Waals surface area contributed by atoms with Crippen LogP contribution in [0.5, 0.6) is 0 Å². The maximum atomic E-state index is 12.4. The van der Waals surface area contributed by atoms with Crippen molar-refractivity contribution in [1.82, 2.24) is 0 Å². The summed E-state index contributed by atoms with van der Waals surface area (Å²) in [7, 11) is 0. The van der Waals surface area contributed by atoms with E-state index in [1.54, 1.807) is 13.0 Å². The van der Waals surface area contributed by atoms with Crippen molar-refractivity contribution in [3.8, 4) is 0 Å². The Labute approximate surface area is 85.7 Å². The number of hydrogen-bond acceptors (Lipinski definition) is 0. The number of aryl methyl sites for hydroxylation is 1. The Morgan fingerprint density at radius 3 is 2.21 bits per heavy atom. The lowest BCUT2D eigenvalue weighted by Gasteiger charge is -2.16. The van der Waals surface area contributed by atoms with Gasteiger partial charge in [-0.3, -0.25) is 0 Å². The van der Waals surface area contributed by atoms with Gasteiger partial charge in [0.25, 0.3) is 0 Å². The molecule has 1 unspecified atom stereocenters. The van der Waals surface area contributed by atoms with Crippen LogP contribution in [-0.2, 0) is 0 Å². The van der Waals surface area contributed by atoms with E-state index in [1.807, 2.05) is 0 Å². The van der Waals surface area contributed by atoms with Crippen molar-refractivity contribution in [2.24, 2.45) is 0 Å². The van der Waals surface area contributed by atoms with Gasteiger partial charge in [-0.05, 0) is 37.1 Å². The summed E-state index contributed by atoms with van der Waals surface area (Å²) in [6.07, 6.45) is -4.21. The van der Waals surface area contributed by atoms with Crippen molar-refractivity contribution in [3.05, 3.63) is 34.3 Å². The monoisotopic (exact) mass is 222 g/mol. The molecule has 1 aromatic rings. The molecular weight excluding hydrogens is 213 g/mol. The van der Waals surface area contributed by atoms with Gasteiger partial charge in [0.1, 0.15) is 0 Å². The molecule has 0 radical (unpaired) electrons. The van der Waals surface area contributed by atoms with E-state index in [-0.39, 0.29) is 5.56 Å². The zero-order chi connectivity index (χ0) is 10.9. The molecule has 0 saturated carbocycles. The Morgan fingerprint density at radius 1 is 1.21 bits per heavy atom. The zero-order valence-corrected chi connectivity index (χ0v) is 8.58. The molecule has 1 rings (SSSR count). The highest BCUT2D eigenvalue weighted by Crippen LogP contribution is 2.35. The highest BCUT2D eigenvalue weighted by atomic mass is 35.5. The summed E-state index contributed by atoms with van der Waals surface area (Å²) in [5, 5.41) is 0.344. The highest BCUT2D eigenvalue weighted by Gasteiger charge is 2.37. The van der Waals surface area contributed by atoms with E-state index < -0.39 is 12.1 Å². The van der Waals surface area contributed by atoms with Gasteiger partial charge in [0.2, 0.25) is 0 Å². The van der Waals surface area contributed by atoms with Gasteiger partial charge < -0.3 is 0 Å². The van der Waals surface area contributed by atoms with Crippen molar-refractivity contribution in [2.45, 2.75) is 25.9 Å². The second-order valence-electron chi connectivity index (χ2n) is 3.33. The standard InChI is InChI=1S/C10H10ClF3/c1-6-3-8(5-9(11)4-6)7(2)10(12,13)14/h3-5,7H,1-2H3. The molecule has 0 spiro atoms. The maximum absolute atomic E-state index is 12.4. The summed E-state index contributed by atoms with van der Waals surface area (Å²) in [4.78, 5) is 0. The van der Waals surface area contributed by atoms with Crippen molar-refractivity contribution in [2.75, 3.05) is 0 Å². The molecular formula is C10H10ClF3. The van der Waals surface area contributed by atoms with Crippen LogP contribution in [0.4, 0.5) is 13.2 Å². The van der Waals surface area contributed by atoms with Crippen LogP contribution in [0.3, 0.4) is 0 Å². The minimum atomic E-state index is -4.21. The number of rotatable bonds is 1. The molecule has 0 fully saturated rings. The first-order valence-electron chi connectivity index (χ1n) is 4.14. The molecule has 0 bridgehead atoms. The van der Waals surface area contributed by atoms with Gasteiger partial charge in [0.15, 0.2) is 0 Å². The van der Waals surface area contributed by atoms with Crippen LogP contribution in [0.15, 0.2) is 18.2 Å². The van der Waals surface area contributed by atoms with E-state index in [0.717, 1.165) is 12.5 Å². The van der Waals surface area contributed by atoms with Gasteiger partial charge in [0.05, 0.1) is 5.92 Å². The van der Waals surface area contributed by atoms with Gasteiger partial charge in [-0.1, -0.05) is 17.7 Å². The van der Waals surface area contributed by atoms with E-state index in [9.17, 15) is 13.2 Å². The average molecular weight is 223 g/mol. The summed E-state index contributed by atoms with van der Waals surface area (Å²) in [5.74, 6) is -1.47. The third kappa shape index (κ3) is 2.64. The van der Waals surface area contributed by atoms with Crippen LogP contribution in [0, 0.1) is 6.92 Å². The Hall–Kier alpha value is -0.700. The maximum Gasteiger partial charge on any atom is 0.395 e. The Kier molecular flexibility index (Phi) is 3.10. The van der Waals surface area contributed by atoms with Gasteiger partial charge >= 0.3 is 6.18 Å². The minimum Gasteiger partial charge on any atom is -0.170 e. The smallest absolute Gasteiger partial charge is 0.170 e. The van der Waals surface area contributed by atoms with E-state index in [2.05, 4.69) is 0 Å². The van der Waals surface area contributed by atoms with Gasteiger partial charge in [-0.2, -0.15) is 13.2 Å². The second-order valence-corrected chi connectivity index (χ2v) is 3.76. The molecule has 0 heterocycles. The summed E-state index contributed by atoms with van der Waals surface area (Å²) in [6, 6.07) is 4.49. The van der Waals surface area contributed by atoms with Gasteiger partial charge in [-0.25, -0.2) is 0 Å². The third-order valence-corrected chi connectivity index (χ3v) is 2.27. The third-order valence-electron chi connectivity index (χ3n) is 2.06. The molecule has 4 heteroatoms. The van der Waals surface area contributed by atoms with Crippen LogP contribution in [0.25, 0.3) is 0 Å². The Bertz CT molecular complexity index is 310. The number of alkyl halides is 3. The molecule has 0 amide bonds. The SMILES string of the molecule is Cc1cc(Cl)cc(C(C)C(F)(F)F)c1. The van der Waals surface area contributed by atoms with E-state index in [0.29, 0.717) is 5.02 Å². The largest absolute Gasteiger partial charge is 0.395 e. The summed E-state index contributed by atoms with van der Waals surface area (Å²) < 4.78 is 37.1. The molecule has 0 aromatic heterocycles. The molecule has 0 saturated heterocycles. The number of halogens is 4. The molecule has 14 heavy (non-hydrogen) atoms. The van der Waals surface area contributed by atoms with Crippen molar-refractivity contribution >= 4 is 11.6 Å². The Balaban J connectivity index is 3.07. The van der Waals surface area contributed by atoms with E-state index >= 15 is 0 Å². The van der Waals surface area contributed by atoms with Crippen molar-refractivity contribution in [3.63, 3.8) is 0 Å². The minimum absolute atomic E-state index is 0.211. The molecule has 0 aliphatic rings. The molecule has 0 N–H and O–H groups in total. The molecule has 78 valence electrons. The summed E-state index contributed by atoms with van der Waals surface area (Å²) in [5.41, 5.74) is 0.950. The fraction of sp³-hybridized carbons (Fsp3) is 0.400. The lowest BCUT2D eigenvalue weighted by atomic mass is 9.99. The first kappa shape index (κ1) is 11.4. The van der Waals surface area contributed by atoms with Crippen LogP contribution in [0.2, 0.25) is 5.02 Å². The van der Waals surface area contributed by atoms with E-state index in [4.69, 9.17) is 11.6 Å². The lowest BCUT2D eigenvalue weighted by Crippen LogP contribution is -2.17. The van der Waals surface area contributed by atoms with Crippen molar-refractivity contribution in [1.29, 1.82) is 0 Å². The fourth-order valence-corrected chi connectivity index (χ4v) is 1.50. The Morgan fingerprint density at radius 2 is 1.79 bits per heavy atom. The summed E-state index contributed by atoms with van der Waals surface area (Å²) >= 11 is 5.68. The van der Waals surface area contributed by atoms with Gasteiger partial charge in [-0.15, -0.1) is 0 Å². The highest BCUT2D eigenvalue weighted by molar-refractivity contribution is 6.30. The first-order chi connectivity index (χ1) is 6.30. The van der Waals surface area contributed by atoms with Crippen LogP contribution < -0.4 is 0 Å². The van der Waals surface area contributed by atoms with Gasteiger partial charge in [0, 0.05) is 5.02 Å². The van der Waals surface area contributed by atoms with Crippen LogP contribution in [-0.4, -0.2) is 6.18 Å². The molecule has 0 nitrogen and oxygen atoms in total. The molecule has 1 aromatic carbocycles. The first-order valence-corrected chi connectivity index (χ1v) is 4.52. The molecule has 0 aliphatic heterocycles. The predicted molar refractivity (Wildman–Crippen MR) is 50.7 cm³/mol. The fourth-order valence-electron chi connectivity index (χ4n) is 1.20. The van der Waals surface area contributed by atoms with E-state index in [1.165, 1.54) is 12.1 Å². The normalized spacial score (nSPS) is 14.1. The molecule has 1 atom stereocenters. The van der Waals surface area contributed by atoms with Crippen molar-refractivity contribution < 1.29 is 13.2 Å². The zero-order valence-electron chi connectivity index (χ0n) is 7.82. The average Bonchev–Trinajstić information content (AvgIpc) is 1.99.